The van der Waals surface area contributed by atoms with Crippen LogP contribution in [0.15, 0.2) is 58.4 Å². The first kappa shape index (κ1) is 22.2. The fourth-order valence-electron chi connectivity index (χ4n) is 3.64. The second kappa shape index (κ2) is 8.88. The van der Waals surface area contributed by atoms with E-state index in [1.807, 2.05) is 70.2 Å². The van der Waals surface area contributed by atoms with E-state index >= 15 is 0 Å². The molecule has 32 heavy (non-hydrogen) atoms. The van der Waals surface area contributed by atoms with Gasteiger partial charge in [-0.15, -0.1) is 0 Å². The second-order valence-corrected chi connectivity index (χ2v) is 9.66. The van der Waals surface area contributed by atoms with Gasteiger partial charge in [-0.1, -0.05) is 60.4 Å². The predicted octanol–water partition coefficient (Wildman–Crippen LogP) is 4.79. The van der Waals surface area contributed by atoms with Gasteiger partial charge in [-0.3, -0.25) is 18.9 Å². The minimum Gasteiger partial charge on any atom is -0.363 e. The zero-order chi connectivity index (χ0) is 23.0. The summed E-state index contributed by atoms with van der Waals surface area (Å²) in [4.78, 5) is 33.2. The SMILES string of the molecule is Cc1cccn2c(=O)c(/C=C3\SC(=S)N(C(C)C)C3=O)c(N[C@H](C)c3ccccc3)nc12. The number of rotatable bonds is 5. The molecule has 1 aromatic carbocycles. The standard InChI is InChI=1S/C24H24N4O2S2/c1-14(2)28-23(30)19(32-24(28)31)13-18-20(25-16(4)17-10-6-5-7-11-17)26-21-15(3)9-8-12-27(21)22(18)29/h5-14,16,25H,1-4H3/b19-13-/t16-/m1/s1. The number of benzene rings is 1. The number of aryl methyl sites for hydroxylation is 1. The lowest BCUT2D eigenvalue weighted by molar-refractivity contribution is -0.123. The number of thioether (sulfide) groups is 1. The first-order valence-corrected chi connectivity index (χ1v) is 11.6. The highest BCUT2D eigenvalue weighted by atomic mass is 32.2. The molecule has 164 valence electrons. The Kier molecular flexibility index (Phi) is 6.17. The van der Waals surface area contributed by atoms with Crippen LogP contribution in [0, 0.1) is 6.92 Å². The van der Waals surface area contributed by atoms with Crippen molar-refractivity contribution in [3.8, 4) is 0 Å². The van der Waals surface area contributed by atoms with Crippen LogP contribution in [-0.4, -0.2) is 30.6 Å². The highest BCUT2D eigenvalue weighted by molar-refractivity contribution is 8.26. The third-order valence-corrected chi connectivity index (χ3v) is 6.68. The van der Waals surface area contributed by atoms with Gasteiger partial charge in [0.15, 0.2) is 0 Å². The molecule has 0 spiro atoms. The lowest BCUT2D eigenvalue weighted by atomic mass is 10.1. The fourth-order valence-corrected chi connectivity index (χ4v) is 5.14. The molecule has 6 nitrogen and oxygen atoms in total. The molecular formula is C24H24N4O2S2. The number of nitrogens with one attached hydrogen (secondary N) is 1. The Morgan fingerprint density at radius 3 is 2.47 bits per heavy atom. The molecule has 1 aliphatic heterocycles. The number of hydrogen-bond acceptors (Lipinski definition) is 6. The van der Waals surface area contributed by atoms with Crippen LogP contribution in [0.25, 0.3) is 11.7 Å². The van der Waals surface area contributed by atoms with Gasteiger partial charge in [0.05, 0.1) is 10.5 Å². The fraction of sp³-hybridized carbons (Fsp3) is 0.250. The lowest BCUT2D eigenvalue weighted by Crippen LogP contribution is -2.34. The summed E-state index contributed by atoms with van der Waals surface area (Å²) < 4.78 is 2.01. The van der Waals surface area contributed by atoms with E-state index in [0.29, 0.717) is 26.3 Å². The Bertz CT molecular complexity index is 1300. The van der Waals surface area contributed by atoms with Crippen molar-refractivity contribution in [2.45, 2.75) is 39.8 Å². The molecule has 0 bridgehead atoms. The Hall–Kier alpha value is -2.97. The van der Waals surface area contributed by atoms with Gasteiger partial charge in [-0.05, 0) is 51.0 Å². The maximum Gasteiger partial charge on any atom is 0.267 e. The van der Waals surface area contributed by atoms with Gasteiger partial charge >= 0.3 is 0 Å². The molecule has 1 saturated heterocycles. The lowest BCUT2D eigenvalue weighted by Gasteiger charge is -2.19. The molecular weight excluding hydrogens is 440 g/mol. The van der Waals surface area contributed by atoms with Gasteiger partial charge in [0.2, 0.25) is 0 Å². The van der Waals surface area contributed by atoms with Crippen molar-refractivity contribution in [3.63, 3.8) is 0 Å². The zero-order valence-corrected chi connectivity index (χ0v) is 20.0. The number of anilines is 1. The molecule has 1 atom stereocenters. The van der Waals surface area contributed by atoms with Crippen molar-refractivity contribution in [2.24, 2.45) is 0 Å². The molecule has 1 fully saturated rings. The third-order valence-electron chi connectivity index (χ3n) is 5.35. The normalized spacial score (nSPS) is 16.4. The minimum atomic E-state index is -0.240. The van der Waals surface area contributed by atoms with E-state index in [2.05, 4.69) is 5.32 Å². The maximum atomic E-state index is 13.5. The summed E-state index contributed by atoms with van der Waals surface area (Å²) in [5, 5.41) is 3.38. The molecule has 0 unspecified atom stereocenters. The van der Waals surface area contributed by atoms with E-state index in [0.717, 1.165) is 11.1 Å². The first-order chi connectivity index (χ1) is 15.3. The molecule has 1 N–H and O–H groups in total. The molecule has 3 heterocycles. The number of thiocarbonyl (C=S) groups is 1. The van der Waals surface area contributed by atoms with Crippen LogP contribution in [0.5, 0.6) is 0 Å². The van der Waals surface area contributed by atoms with Crippen LogP contribution in [-0.2, 0) is 4.79 Å². The number of fused-ring (bicyclic) bond motifs is 1. The number of carbonyl (C=O) groups is 1. The average Bonchev–Trinajstić information content (AvgIpc) is 3.05. The number of aromatic nitrogens is 2. The Labute approximate surface area is 196 Å². The van der Waals surface area contributed by atoms with Gasteiger partial charge in [0, 0.05) is 18.3 Å². The number of carbonyl (C=O) groups excluding carboxylic acids is 1. The minimum absolute atomic E-state index is 0.0532. The smallest absolute Gasteiger partial charge is 0.267 e. The summed E-state index contributed by atoms with van der Waals surface area (Å²) >= 11 is 6.60. The first-order valence-electron chi connectivity index (χ1n) is 10.4. The predicted molar refractivity (Wildman–Crippen MR) is 135 cm³/mol. The van der Waals surface area contributed by atoms with Crippen LogP contribution in [0.1, 0.15) is 43.5 Å². The van der Waals surface area contributed by atoms with Crippen molar-refractivity contribution < 1.29 is 4.79 Å². The maximum absolute atomic E-state index is 13.5. The number of amides is 1. The van der Waals surface area contributed by atoms with Gasteiger partial charge in [0.25, 0.3) is 11.5 Å². The molecule has 1 aliphatic rings. The van der Waals surface area contributed by atoms with E-state index in [1.54, 1.807) is 17.2 Å². The average molecular weight is 465 g/mol. The summed E-state index contributed by atoms with van der Waals surface area (Å²) in [7, 11) is 0. The molecule has 0 radical (unpaired) electrons. The van der Waals surface area contributed by atoms with Crippen molar-refractivity contribution in [1.29, 1.82) is 0 Å². The quantitative estimate of drug-likeness (QED) is 0.433. The highest BCUT2D eigenvalue weighted by Crippen LogP contribution is 2.34. The van der Waals surface area contributed by atoms with Gasteiger partial charge in [0.1, 0.15) is 15.8 Å². The second-order valence-electron chi connectivity index (χ2n) is 7.99. The van der Waals surface area contributed by atoms with Gasteiger partial charge in [-0.25, -0.2) is 4.98 Å². The Morgan fingerprint density at radius 2 is 1.81 bits per heavy atom. The van der Waals surface area contributed by atoms with Crippen molar-refractivity contribution >= 4 is 51.7 Å². The molecule has 4 rings (SSSR count). The summed E-state index contributed by atoms with van der Waals surface area (Å²) in [6.07, 6.45) is 3.31. The van der Waals surface area contributed by atoms with Crippen LogP contribution in [0.3, 0.4) is 0 Å². The van der Waals surface area contributed by atoms with Crippen LogP contribution >= 0.6 is 24.0 Å². The zero-order valence-electron chi connectivity index (χ0n) is 18.3. The van der Waals surface area contributed by atoms with Crippen molar-refractivity contribution in [3.05, 3.63) is 80.6 Å². The number of pyridine rings is 1. The van der Waals surface area contributed by atoms with Crippen LogP contribution < -0.4 is 10.9 Å². The summed E-state index contributed by atoms with van der Waals surface area (Å²) in [5.41, 5.74) is 2.62. The molecule has 0 aliphatic carbocycles. The highest BCUT2D eigenvalue weighted by Gasteiger charge is 2.34. The molecule has 1 amide bonds. The van der Waals surface area contributed by atoms with E-state index in [9.17, 15) is 9.59 Å². The summed E-state index contributed by atoms with van der Waals surface area (Å²) in [6, 6.07) is 13.5. The number of nitrogens with zero attached hydrogens (tertiary/aromatic N) is 3. The monoisotopic (exact) mass is 464 g/mol. The van der Waals surface area contributed by atoms with E-state index in [1.165, 1.54) is 16.2 Å². The topological polar surface area (TPSA) is 66.7 Å². The third kappa shape index (κ3) is 4.08. The largest absolute Gasteiger partial charge is 0.363 e. The molecule has 2 aromatic heterocycles. The van der Waals surface area contributed by atoms with E-state index in [4.69, 9.17) is 17.2 Å². The van der Waals surface area contributed by atoms with Crippen molar-refractivity contribution in [1.82, 2.24) is 14.3 Å². The number of hydrogen-bond donors (Lipinski definition) is 1. The summed E-state index contributed by atoms with van der Waals surface area (Å²) in [6.45, 7) is 7.76. The van der Waals surface area contributed by atoms with E-state index < -0.39 is 0 Å². The molecule has 3 aromatic rings. The van der Waals surface area contributed by atoms with Crippen LogP contribution in [0.2, 0.25) is 0 Å². The summed E-state index contributed by atoms with van der Waals surface area (Å²) in [5.74, 6) is 0.251. The Balaban J connectivity index is 1.86. The Morgan fingerprint density at radius 1 is 1.09 bits per heavy atom. The van der Waals surface area contributed by atoms with Gasteiger partial charge < -0.3 is 5.32 Å². The molecule has 0 saturated carbocycles. The van der Waals surface area contributed by atoms with E-state index in [-0.39, 0.29) is 23.6 Å². The van der Waals surface area contributed by atoms with Gasteiger partial charge in [-0.2, -0.15) is 0 Å². The molecule has 8 heteroatoms. The van der Waals surface area contributed by atoms with Crippen molar-refractivity contribution in [2.75, 3.05) is 5.32 Å². The van der Waals surface area contributed by atoms with Crippen LogP contribution in [0.4, 0.5) is 5.82 Å².